The van der Waals surface area contributed by atoms with E-state index in [9.17, 15) is 4.79 Å². The first kappa shape index (κ1) is 9.25. The second-order valence-corrected chi connectivity index (χ2v) is 4.18. The first-order valence-corrected chi connectivity index (χ1v) is 4.49. The molecule has 0 saturated heterocycles. The van der Waals surface area contributed by atoms with Crippen LogP contribution < -0.4 is 0 Å². The number of hydrogen-bond acceptors (Lipinski definition) is 2. The van der Waals surface area contributed by atoms with E-state index in [2.05, 4.69) is 6.07 Å². The van der Waals surface area contributed by atoms with E-state index in [1.165, 1.54) is 0 Å². The van der Waals surface area contributed by atoms with Crippen LogP contribution in [0.4, 0.5) is 0 Å². The van der Waals surface area contributed by atoms with Crippen LogP contribution in [0.1, 0.15) is 39.5 Å². The van der Waals surface area contributed by atoms with Gasteiger partial charge in [0, 0.05) is 17.8 Å². The van der Waals surface area contributed by atoms with Crippen molar-refractivity contribution in [2.75, 3.05) is 0 Å². The average Bonchev–Trinajstić information content (AvgIpc) is 2.26. The molecule has 0 aromatic heterocycles. The van der Waals surface area contributed by atoms with Gasteiger partial charge in [0.2, 0.25) is 0 Å². The largest absolute Gasteiger partial charge is 0.299 e. The molecule has 0 radical (unpaired) electrons. The molecule has 2 heteroatoms. The second-order valence-electron chi connectivity index (χ2n) is 4.18. The summed E-state index contributed by atoms with van der Waals surface area (Å²) < 4.78 is 0. The summed E-state index contributed by atoms with van der Waals surface area (Å²) in [7, 11) is 0. The first-order valence-electron chi connectivity index (χ1n) is 4.49. The quantitative estimate of drug-likeness (QED) is 0.630. The predicted molar refractivity (Wildman–Crippen MR) is 46.4 cm³/mol. The van der Waals surface area contributed by atoms with Crippen LogP contribution in [0.3, 0.4) is 0 Å². The topological polar surface area (TPSA) is 40.9 Å². The lowest BCUT2D eigenvalue weighted by Crippen LogP contribution is -2.21. The van der Waals surface area contributed by atoms with Gasteiger partial charge < -0.3 is 0 Å². The highest BCUT2D eigenvalue weighted by Crippen LogP contribution is 2.39. The molecule has 12 heavy (non-hydrogen) atoms. The maximum Gasteiger partial charge on any atom is 0.141 e. The second kappa shape index (κ2) is 3.26. The molecule has 0 N–H and O–H groups in total. The van der Waals surface area contributed by atoms with Crippen LogP contribution in [0.15, 0.2) is 0 Å². The Bertz CT molecular complexity index is 224. The molecule has 0 aromatic rings. The van der Waals surface area contributed by atoms with E-state index in [1.54, 1.807) is 0 Å². The van der Waals surface area contributed by atoms with Gasteiger partial charge >= 0.3 is 0 Å². The zero-order chi connectivity index (χ0) is 9.19. The van der Waals surface area contributed by atoms with E-state index in [-0.39, 0.29) is 11.3 Å². The summed E-state index contributed by atoms with van der Waals surface area (Å²) in [5.41, 5.74) is -0.125. The minimum absolute atomic E-state index is 0.125. The summed E-state index contributed by atoms with van der Waals surface area (Å²) in [6.45, 7) is 4.00. The fourth-order valence-corrected chi connectivity index (χ4v) is 1.86. The highest BCUT2D eigenvalue weighted by atomic mass is 16.1. The van der Waals surface area contributed by atoms with E-state index >= 15 is 0 Å². The molecule has 1 aliphatic rings. The van der Waals surface area contributed by atoms with Crippen molar-refractivity contribution in [3.8, 4) is 6.07 Å². The van der Waals surface area contributed by atoms with Gasteiger partial charge in [-0.1, -0.05) is 13.8 Å². The first-order chi connectivity index (χ1) is 5.58. The Balaban J connectivity index is 2.51. The van der Waals surface area contributed by atoms with Crippen molar-refractivity contribution in [3.05, 3.63) is 0 Å². The van der Waals surface area contributed by atoms with Crippen LogP contribution in [0.25, 0.3) is 0 Å². The molecule has 1 rings (SSSR count). The van der Waals surface area contributed by atoms with Gasteiger partial charge in [-0.05, 0) is 19.3 Å². The Labute approximate surface area is 73.6 Å². The van der Waals surface area contributed by atoms with Crippen LogP contribution in [-0.2, 0) is 4.79 Å². The van der Waals surface area contributed by atoms with Crippen LogP contribution in [0, 0.1) is 22.7 Å². The SMILES string of the molecule is CC1(C)CCC(CCC#N)C1=O. The van der Waals surface area contributed by atoms with E-state index in [0.717, 1.165) is 19.3 Å². The fourth-order valence-electron chi connectivity index (χ4n) is 1.86. The van der Waals surface area contributed by atoms with Crippen LogP contribution in [-0.4, -0.2) is 5.78 Å². The van der Waals surface area contributed by atoms with Gasteiger partial charge in [-0.25, -0.2) is 0 Å². The number of nitrogens with zero attached hydrogens (tertiary/aromatic N) is 1. The molecule has 1 aliphatic carbocycles. The number of Topliss-reactive ketones (excluding diaryl/α,β-unsaturated/α-hetero) is 1. The molecular weight excluding hydrogens is 150 g/mol. The van der Waals surface area contributed by atoms with Crippen molar-refractivity contribution in [2.45, 2.75) is 39.5 Å². The van der Waals surface area contributed by atoms with Crippen molar-refractivity contribution >= 4 is 5.78 Å². The van der Waals surface area contributed by atoms with Crippen LogP contribution >= 0.6 is 0 Å². The Kier molecular flexibility index (Phi) is 2.52. The van der Waals surface area contributed by atoms with Crippen LogP contribution in [0.5, 0.6) is 0 Å². The molecule has 66 valence electrons. The summed E-state index contributed by atoms with van der Waals surface area (Å²) in [5.74, 6) is 0.525. The molecule has 1 fully saturated rings. The molecule has 1 saturated carbocycles. The van der Waals surface area contributed by atoms with Crippen molar-refractivity contribution < 1.29 is 4.79 Å². The number of ketones is 1. The van der Waals surface area contributed by atoms with Gasteiger partial charge in [0.1, 0.15) is 5.78 Å². The zero-order valence-corrected chi connectivity index (χ0v) is 7.76. The predicted octanol–water partition coefficient (Wildman–Crippen LogP) is 2.30. The average molecular weight is 165 g/mol. The van der Waals surface area contributed by atoms with Gasteiger partial charge in [0.25, 0.3) is 0 Å². The molecule has 0 aliphatic heterocycles. The number of rotatable bonds is 2. The fraction of sp³-hybridized carbons (Fsp3) is 0.800. The zero-order valence-electron chi connectivity index (χ0n) is 7.76. The van der Waals surface area contributed by atoms with E-state index in [4.69, 9.17) is 5.26 Å². The van der Waals surface area contributed by atoms with Gasteiger partial charge in [-0.2, -0.15) is 5.26 Å². The highest BCUT2D eigenvalue weighted by Gasteiger charge is 2.39. The Morgan fingerprint density at radius 2 is 2.33 bits per heavy atom. The summed E-state index contributed by atoms with van der Waals surface area (Å²) in [6, 6.07) is 2.09. The third kappa shape index (κ3) is 1.66. The standard InChI is InChI=1S/C10H15NO/c1-10(2)6-5-8(9(10)12)4-3-7-11/h8H,3-6H2,1-2H3. The summed E-state index contributed by atoms with van der Waals surface area (Å²) in [5, 5.41) is 8.38. The van der Waals surface area contributed by atoms with Crippen molar-refractivity contribution in [2.24, 2.45) is 11.3 Å². The summed E-state index contributed by atoms with van der Waals surface area (Å²) in [6.07, 6.45) is 3.25. The highest BCUT2D eigenvalue weighted by molar-refractivity contribution is 5.88. The van der Waals surface area contributed by atoms with Crippen molar-refractivity contribution in [1.29, 1.82) is 5.26 Å². The number of nitriles is 1. The summed E-state index contributed by atoms with van der Waals surface area (Å²) >= 11 is 0. The molecule has 1 unspecified atom stereocenters. The minimum Gasteiger partial charge on any atom is -0.299 e. The lowest BCUT2D eigenvalue weighted by Gasteiger charge is -2.14. The maximum atomic E-state index is 11.6. The maximum absolute atomic E-state index is 11.6. The smallest absolute Gasteiger partial charge is 0.141 e. The Hall–Kier alpha value is -0.840. The van der Waals surface area contributed by atoms with Crippen LogP contribution in [0.2, 0.25) is 0 Å². The molecule has 0 amide bonds. The molecule has 1 atom stereocenters. The Morgan fingerprint density at radius 1 is 1.67 bits per heavy atom. The number of carbonyl (C=O) groups excluding carboxylic acids is 1. The van der Waals surface area contributed by atoms with Gasteiger partial charge in [0.15, 0.2) is 0 Å². The van der Waals surface area contributed by atoms with E-state index in [0.29, 0.717) is 12.2 Å². The molecule has 0 bridgehead atoms. The minimum atomic E-state index is -0.125. The van der Waals surface area contributed by atoms with Gasteiger partial charge in [-0.15, -0.1) is 0 Å². The normalized spacial score (nSPS) is 27.1. The Morgan fingerprint density at radius 3 is 2.75 bits per heavy atom. The molecule has 0 heterocycles. The van der Waals surface area contributed by atoms with E-state index < -0.39 is 0 Å². The van der Waals surface area contributed by atoms with Crippen molar-refractivity contribution in [1.82, 2.24) is 0 Å². The molecule has 0 aromatic carbocycles. The summed E-state index contributed by atoms with van der Waals surface area (Å²) in [4.78, 5) is 11.6. The lowest BCUT2D eigenvalue weighted by molar-refractivity contribution is -0.127. The molecular formula is C10H15NO. The number of hydrogen-bond donors (Lipinski definition) is 0. The monoisotopic (exact) mass is 165 g/mol. The lowest BCUT2D eigenvalue weighted by atomic mass is 9.88. The van der Waals surface area contributed by atoms with Crippen molar-refractivity contribution in [3.63, 3.8) is 0 Å². The molecule has 0 spiro atoms. The third-order valence-corrected chi connectivity index (χ3v) is 2.76. The van der Waals surface area contributed by atoms with Gasteiger partial charge in [0.05, 0.1) is 6.07 Å². The van der Waals surface area contributed by atoms with Gasteiger partial charge in [-0.3, -0.25) is 4.79 Å². The van der Waals surface area contributed by atoms with E-state index in [1.807, 2.05) is 13.8 Å². The molecule has 2 nitrogen and oxygen atoms in total. The third-order valence-electron chi connectivity index (χ3n) is 2.76. The number of carbonyl (C=O) groups is 1.